The summed E-state index contributed by atoms with van der Waals surface area (Å²) in [5.74, 6) is -5.98. The van der Waals surface area contributed by atoms with Gasteiger partial charge in [-0.15, -0.1) is 0 Å². The predicted molar refractivity (Wildman–Crippen MR) is 40.0 cm³/mol. The molecule has 0 fully saturated rings. The second-order valence-corrected chi connectivity index (χ2v) is 2.42. The minimum Gasteiger partial charge on any atom is -0.550 e. The molecule has 10 nitrogen and oxygen atoms in total. The standard InChI is InChI=1S/C6H8O7.La.3H2O/c7-3(8)1-6(13,5(11)12)2-4(9)10;;;;/h13H,1-2H2,(H,7,8)(H,9,10)(H,11,12);;3*1H2/q;+3;;;/p-3. The van der Waals surface area contributed by atoms with Crippen LogP contribution in [0.15, 0.2) is 0 Å². The second kappa shape index (κ2) is 11.9. The number of carboxylic acid groups (broad SMARTS) is 3. The SMILES string of the molecule is O.O.O.O=C([O-])CC(O)(CC(=O)[O-])C(=O)[O-].[La+3]. The molecule has 0 rings (SSSR count). The van der Waals surface area contributed by atoms with Gasteiger partial charge in [0.15, 0.2) is 0 Å². The number of rotatable bonds is 5. The first-order chi connectivity index (χ1) is 5.78. The number of hydrogen-bond donors (Lipinski definition) is 1. The summed E-state index contributed by atoms with van der Waals surface area (Å²) in [4.78, 5) is 30.0. The van der Waals surface area contributed by atoms with Crippen LogP contribution in [0, 0.1) is 35.6 Å². The van der Waals surface area contributed by atoms with Gasteiger partial charge in [0.25, 0.3) is 0 Å². The molecule has 0 saturated heterocycles. The fourth-order valence-electron chi connectivity index (χ4n) is 0.684. The average Bonchev–Trinajstić information content (AvgIpc) is 1.82. The number of carbonyl (C=O) groups excluding carboxylic acids is 3. The van der Waals surface area contributed by atoms with Crippen molar-refractivity contribution >= 4 is 17.9 Å². The van der Waals surface area contributed by atoms with Crippen molar-refractivity contribution in [2.24, 2.45) is 0 Å². The second-order valence-electron chi connectivity index (χ2n) is 2.42. The molecule has 0 heterocycles. The van der Waals surface area contributed by atoms with Gasteiger partial charge in [0.05, 0.1) is 5.97 Å². The van der Waals surface area contributed by atoms with Crippen molar-refractivity contribution in [3.8, 4) is 0 Å². The summed E-state index contributed by atoms with van der Waals surface area (Å²) in [6.07, 6.45) is -2.72. The van der Waals surface area contributed by atoms with Gasteiger partial charge in [0.2, 0.25) is 0 Å². The zero-order valence-corrected chi connectivity index (χ0v) is 12.0. The molecular formula is C6H11LaO10. The molecule has 0 saturated carbocycles. The summed E-state index contributed by atoms with van der Waals surface area (Å²) < 4.78 is 0. The van der Waals surface area contributed by atoms with E-state index in [9.17, 15) is 29.7 Å². The van der Waals surface area contributed by atoms with Crippen molar-refractivity contribution in [3.05, 3.63) is 0 Å². The quantitative estimate of drug-likeness (QED) is 0.481. The number of aliphatic carboxylic acids is 3. The zero-order valence-electron chi connectivity index (χ0n) is 8.39. The molecule has 0 aromatic rings. The first-order valence-electron chi connectivity index (χ1n) is 3.11. The number of hydrogen-bond acceptors (Lipinski definition) is 7. The summed E-state index contributed by atoms with van der Waals surface area (Å²) in [6, 6.07) is 0. The molecule has 98 valence electrons. The van der Waals surface area contributed by atoms with Crippen LogP contribution >= 0.6 is 0 Å². The molecule has 0 aliphatic heterocycles. The minimum absolute atomic E-state index is 0. The van der Waals surface area contributed by atoms with Gasteiger partial charge in [-0.25, -0.2) is 0 Å². The Morgan fingerprint density at radius 2 is 1.12 bits per heavy atom. The van der Waals surface area contributed by atoms with Crippen LogP contribution < -0.4 is 15.3 Å². The van der Waals surface area contributed by atoms with E-state index in [1.807, 2.05) is 0 Å². The smallest absolute Gasteiger partial charge is 0.550 e. The number of carbonyl (C=O) groups is 3. The fraction of sp³-hybridized carbons (Fsp3) is 0.500. The van der Waals surface area contributed by atoms with E-state index in [2.05, 4.69) is 0 Å². The molecule has 7 N–H and O–H groups in total. The Hall–Kier alpha value is -0.555. The van der Waals surface area contributed by atoms with E-state index in [0.717, 1.165) is 0 Å². The maximum atomic E-state index is 10.1. The first-order valence-corrected chi connectivity index (χ1v) is 3.11. The van der Waals surface area contributed by atoms with Crippen LogP contribution in [-0.4, -0.2) is 45.0 Å². The van der Waals surface area contributed by atoms with Gasteiger partial charge in [-0.1, -0.05) is 0 Å². The molecule has 0 radical (unpaired) electrons. The van der Waals surface area contributed by atoms with E-state index in [4.69, 9.17) is 5.11 Å². The van der Waals surface area contributed by atoms with Gasteiger partial charge in [-0.2, -0.15) is 0 Å². The van der Waals surface area contributed by atoms with Crippen molar-refractivity contribution in [2.45, 2.75) is 18.4 Å². The molecule has 0 aromatic heterocycles. The summed E-state index contributed by atoms with van der Waals surface area (Å²) in [5.41, 5.74) is -2.97. The Labute approximate surface area is 123 Å². The van der Waals surface area contributed by atoms with Crippen molar-refractivity contribution in [1.82, 2.24) is 0 Å². The van der Waals surface area contributed by atoms with Crippen molar-refractivity contribution in [1.29, 1.82) is 0 Å². The maximum Gasteiger partial charge on any atom is 3.00 e. The van der Waals surface area contributed by atoms with Crippen LogP contribution in [0.2, 0.25) is 0 Å². The summed E-state index contributed by atoms with van der Waals surface area (Å²) in [5, 5.41) is 38.9. The molecule has 0 aromatic carbocycles. The molecule has 0 aliphatic rings. The maximum absolute atomic E-state index is 10.1. The predicted octanol–water partition coefficient (Wildman–Crippen LogP) is -7.73. The van der Waals surface area contributed by atoms with Crippen LogP contribution in [0.5, 0.6) is 0 Å². The van der Waals surface area contributed by atoms with Gasteiger partial charge >= 0.3 is 35.6 Å². The monoisotopic (exact) mass is 382 g/mol. The number of aliphatic hydroxyl groups is 1. The number of carboxylic acids is 3. The average molecular weight is 382 g/mol. The van der Waals surface area contributed by atoms with Gasteiger partial charge in [0.1, 0.15) is 5.60 Å². The van der Waals surface area contributed by atoms with Crippen LogP contribution in [0.4, 0.5) is 0 Å². The van der Waals surface area contributed by atoms with E-state index < -0.39 is 36.4 Å². The van der Waals surface area contributed by atoms with Crippen LogP contribution in [0.1, 0.15) is 12.8 Å². The van der Waals surface area contributed by atoms with Crippen molar-refractivity contribution in [2.75, 3.05) is 0 Å². The van der Waals surface area contributed by atoms with Crippen molar-refractivity contribution < 1.29 is 86.8 Å². The van der Waals surface area contributed by atoms with Gasteiger partial charge in [0, 0.05) is 24.8 Å². The largest absolute Gasteiger partial charge is 3.00 e. The third kappa shape index (κ3) is 11.7. The third-order valence-electron chi connectivity index (χ3n) is 1.25. The summed E-state index contributed by atoms with van der Waals surface area (Å²) in [6.45, 7) is 0. The Morgan fingerprint density at radius 3 is 1.24 bits per heavy atom. The fourth-order valence-corrected chi connectivity index (χ4v) is 0.684. The Kier molecular flexibility index (Phi) is 21.0. The van der Waals surface area contributed by atoms with E-state index in [1.54, 1.807) is 0 Å². The molecule has 11 heteroatoms. The van der Waals surface area contributed by atoms with Crippen LogP contribution in [-0.2, 0) is 14.4 Å². The molecule has 0 spiro atoms. The van der Waals surface area contributed by atoms with Crippen molar-refractivity contribution in [3.63, 3.8) is 0 Å². The third-order valence-corrected chi connectivity index (χ3v) is 1.25. The van der Waals surface area contributed by atoms with Gasteiger partial charge in [-0.05, 0) is 0 Å². The molecule has 0 atom stereocenters. The van der Waals surface area contributed by atoms with Crippen LogP contribution in [0.25, 0.3) is 0 Å². The Balaban J connectivity index is -0.000000120. The normalized spacial score (nSPS) is 8.29. The summed E-state index contributed by atoms with van der Waals surface area (Å²) in [7, 11) is 0. The first kappa shape index (κ1) is 29.9. The molecule has 17 heavy (non-hydrogen) atoms. The molecular weight excluding hydrogens is 371 g/mol. The summed E-state index contributed by atoms with van der Waals surface area (Å²) >= 11 is 0. The topological polar surface area (TPSA) is 235 Å². The van der Waals surface area contributed by atoms with E-state index in [-0.39, 0.29) is 52.0 Å². The van der Waals surface area contributed by atoms with Gasteiger partial charge in [-0.3, -0.25) is 0 Å². The molecule has 0 bridgehead atoms. The minimum atomic E-state index is -2.97. The van der Waals surface area contributed by atoms with E-state index in [1.165, 1.54) is 0 Å². The van der Waals surface area contributed by atoms with E-state index in [0.29, 0.717) is 0 Å². The van der Waals surface area contributed by atoms with Crippen LogP contribution in [0.3, 0.4) is 0 Å². The van der Waals surface area contributed by atoms with Gasteiger partial charge < -0.3 is 51.2 Å². The molecule has 0 aliphatic carbocycles. The Bertz CT molecular complexity index is 235. The molecule has 0 unspecified atom stereocenters. The molecule has 0 amide bonds. The zero-order chi connectivity index (χ0) is 10.6. The Morgan fingerprint density at radius 1 is 0.882 bits per heavy atom. The van der Waals surface area contributed by atoms with E-state index >= 15 is 0 Å².